The van der Waals surface area contributed by atoms with Crippen LogP contribution in [0.3, 0.4) is 0 Å². The van der Waals surface area contributed by atoms with Gasteiger partial charge in [0.2, 0.25) is 0 Å². The summed E-state index contributed by atoms with van der Waals surface area (Å²) in [6, 6.07) is 4.91. The molecule has 0 spiro atoms. The summed E-state index contributed by atoms with van der Waals surface area (Å²) in [6.07, 6.45) is 0.946. The van der Waals surface area contributed by atoms with Gasteiger partial charge in [-0.15, -0.1) is 0 Å². The number of nitrogens with zero attached hydrogens (tertiary/aromatic N) is 2. The van der Waals surface area contributed by atoms with Crippen LogP contribution in [0.25, 0.3) is 0 Å². The summed E-state index contributed by atoms with van der Waals surface area (Å²) in [5.41, 5.74) is 0.700. The number of nitro benzene ring substituents is 1. The molecule has 1 heterocycles. The summed E-state index contributed by atoms with van der Waals surface area (Å²) in [4.78, 5) is 12.9. The van der Waals surface area contributed by atoms with Gasteiger partial charge >= 0.3 is 5.69 Å². The van der Waals surface area contributed by atoms with E-state index in [0.717, 1.165) is 38.2 Å². The van der Waals surface area contributed by atoms with E-state index in [-0.39, 0.29) is 17.5 Å². The van der Waals surface area contributed by atoms with Crippen molar-refractivity contribution in [3.63, 3.8) is 0 Å². The lowest BCUT2D eigenvalue weighted by molar-refractivity contribution is -0.386. The van der Waals surface area contributed by atoms with Crippen molar-refractivity contribution in [3.05, 3.63) is 33.9 Å². The molecule has 2 rings (SSSR count). The molecule has 1 aliphatic rings. The number of rotatable bonds is 5. The van der Waals surface area contributed by atoms with Gasteiger partial charge in [0.1, 0.15) is 0 Å². The lowest BCUT2D eigenvalue weighted by Gasteiger charge is -2.36. The molecule has 1 atom stereocenters. The summed E-state index contributed by atoms with van der Waals surface area (Å²) < 4.78 is 0. The van der Waals surface area contributed by atoms with Gasteiger partial charge in [-0.05, 0) is 24.0 Å². The van der Waals surface area contributed by atoms with E-state index in [1.165, 1.54) is 12.1 Å². The highest BCUT2D eigenvalue weighted by Crippen LogP contribution is 2.34. The Kier molecular flexibility index (Phi) is 5.14. The number of hydrogen-bond donors (Lipinski definition) is 2. The molecule has 1 aromatic rings. The fraction of sp³-hybridized carbons (Fsp3) is 0.600. The normalized spacial score (nSPS) is 17.9. The Labute approximate surface area is 124 Å². The quantitative estimate of drug-likeness (QED) is 0.643. The minimum absolute atomic E-state index is 0.159. The van der Waals surface area contributed by atoms with Crippen molar-refractivity contribution < 1.29 is 10.0 Å². The van der Waals surface area contributed by atoms with Crippen molar-refractivity contribution in [1.29, 1.82) is 0 Å². The molecule has 1 fully saturated rings. The predicted molar refractivity (Wildman–Crippen MR) is 81.4 cm³/mol. The van der Waals surface area contributed by atoms with Crippen LogP contribution < -0.4 is 5.32 Å². The van der Waals surface area contributed by atoms with Gasteiger partial charge in [0.25, 0.3) is 0 Å². The Hall–Kier alpha value is -1.66. The number of hydrogen-bond acceptors (Lipinski definition) is 5. The Morgan fingerprint density at radius 2 is 2.05 bits per heavy atom. The predicted octanol–water partition coefficient (Wildman–Crippen LogP) is 2.29. The average molecular weight is 293 g/mol. The highest BCUT2D eigenvalue weighted by Gasteiger charge is 2.25. The molecule has 0 saturated carbocycles. The van der Waals surface area contributed by atoms with Gasteiger partial charge in [-0.3, -0.25) is 15.0 Å². The van der Waals surface area contributed by atoms with Crippen molar-refractivity contribution in [2.75, 3.05) is 26.2 Å². The molecule has 0 bridgehead atoms. The van der Waals surface area contributed by atoms with Crippen LogP contribution in [0, 0.1) is 16.0 Å². The molecule has 6 nitrogen and oxygen atoms in total. The molecule has 2 N–H and O–H groups in total. The van der Waals surface area contributed by atoms with E-state index in [9.17, 15) is 15.2 Å². The topological polar surface area (TPSA) is 78.6 Å². The van der Waals surface area contributed by atoms with Crippen molar-refractivity contribution in [3.8, 4) is 5.75 Å². The molecule has 0 aliphatic carbocycles. The minimum atomic E-state index is -0.525. The van der Waals surface area contributed by atoms with Gasteiger partial charge in [0, 0.05) is 38.3 Å². The molecule has 0 aromatic heterocycles. The second kappa shape index (κ2) is 6.87. The van der Waals surface area contributed by atoms with Gasteiger partial charge in [-0.25, -0.2) is 0 Å². The van der Waals surface area contributed by atoms with Crippen LogP contribution >= 0.6 is 0 Å². The Bertz CT molecular complexity index is 499. The Morgan fingerprint density at radius 3 is 2.62 bits per heavy atom. The number of phenolic OH excluding ortho intramolecular Hbond substituents is 1. The van der Waals surface area contributed by atoms with Crippen molar-refractivity contribution in [2.24, 2.45) is 5.92 Å². The van der Waals surface area contributed by atoms with Crippen molar-refractivity contribution >= 4 is 5.69 Å². The molecule has 1 aliphatic heterocycles. The van der Waals surface area contributed by atoms with E-state index in [2.05, 4.69) is 24.1 Å². The Morgan fingerprint density at radius 1 is 1.38 bits per heavy atom. The smallest absolute Gasteiger partial charge is 0.311 e. The van der Waals surface area contributed by atoms with Crippen LogP contribution in [-0.4, -0.2) is 41.1 Å². The first kappa shape index (κ1) is 15.7. The second-order valence-corrected chi connectivity index (χ2v) is 5.94. The largest absolute Gasteiger partial charge is 0.502 e. The molecule has 0 radical (unpaired) electrons. The van der Waals surface area contributed by atoms with Gasteiger partial charge < -0.3 is 10.4 Å². The average Bonchev–Trinajstić information content (AvgIpc) is 2.46. The maximum absolute atomic E-state index is 11.0. The Balaban J connectivity index is 2.31. The second-order valence-electron chi connectivity index (χ2n) is 5.94. The summed E-state index contributed by atoms with van der Waals surface area (Å²) in [7, 11) is 0. The molecule has 21 heavy (non-hydrogen) atoms. The van der Waals surface area contributed by atoms with Crippen molar-refractivity contribution in [2.45, 2.75) is 26.3 Å². The number of benzene rings is 1. The third-order valence-corrected chi connectivity index (χ3v) is 3.87. The monoisotopic (exact) mass is 293 g/mol. The van der Waals surface area contributed by atoms with E-state index in [4.69, 9.17) is 0 Å². The lowest BCUT2D eigenvalue weighted by atomic mass is 9.94. The maximum atomic E-state index is 11.0. The highest BCUT2D eigenvalue weighted by atomic mass is 16.6. The summed E-state index contributed by atoms with van der Waals surface area (Å²) in [6.45, 7) is 8.07. The number of nitrogens with one attached hydrogen (secondary N) is 1. The fourth-order valence-electron chi connectivity index (χ4n) is 2.83. The molecule has 0 amide bonds. The first-order valence-electron chi connectivity index (χ1n) is 7.41. The highest BCUT2D eigenvalue weighted by molar-refractivity contribution is 5.48. The number of piperazine rings is 1. The summed E-state index contributed by atoms with van der Waals surface area (Å²) in [5.74, 6) is 0.227. The van der Waals surface area contributed by atoms with Crippen LogP contribution in [0.2, 0.25) is 0 Å². The number of nitro groups is 1. The molecule has 116 valence electrons. The van der Waals surface area contributed by atoms with E-state index >= 15 is 0 Å². The van der Waals surface area contributed by atoms with Gasteiger partial charge in [-0.2, -0.15) is 0 Å². The number of aromatic hydroxyl groups is 1. The zero-order valence-corrected chi connectivity index (χ0v) is 12.6. The van der Waals surface area contributed by atoms with Crippen LogP contribution in [-0.2, 0) is 0 Å². The summed E-state index contributed by atoms with van der Waals surface area (Å²) in [5, 5.41) is 24.0. The molecule has 0 unspecified atom stereocenters. The first-order chi connectivity index (χ1) is 9.99. The van der Waals surface area contributed by atoms with Crippen LogP contribution in [0.4, 0.5) is 5.69 Å². The van der Waals surface area contributed by atoms with Gasteiger partial charge in [-0.1, -0.05) is 19.9 Å². The SMILES string of the molecule is CC(C)C[C@@H](c1ccc(O)c([N+](=O)[O-])c1)N1CCNCC1. The standard InChI is InChI=1S/C15H23N3O3/c1-11(2)9-13(17-7-5-16-6-8-17)12-3-4-15(19)14(10-12)18(20)21/h3-4,10-11,13,16,19H,5-9H2,1-2H3/t13-/m0/s1. The van der Waals surface area contributed by atoms with E-state index in [1.54, 1.807) is 6.07 Å². The molecule has 6 heteroatoms. The molecule has 1 aromatic carbocycles. The third kappa shape index (κ3) is 3.92. The van der Waals surface area contributed by atoms with Crippen LogP contribution in [0.5, 0.6) is 5.75 Å². The van der Waals surface area contributed by atoms with Crippen LogP contribution in [0.1, 0.15) is 31.9 Å². The maximum Gasteiger partial charge on any atom is 0.311 e. The first-order valence-corrected chi connectivity index (χ1v) is 7.41. The van der Waals surface area contributed by atoms with Crippen molar-refractivity contribution in [1.82, 2.24) is 10.2 Å². The molecule has 1 saturated heterocycles. The third-order valence-electron chi connectivity index (χ3n) is 3.87. The van der Waals surface area contributed by atoms with E-state index in [0.29, 0.717) is 5.92 Å². The lowest BCUT2D eigenvalue weighted by Crippen LogP contribution is -2.45. The van der Waals surface area contributed by atoms with Crippen LogP contribution in [0.15, 0.2) is 18.2 Å². The molecular weight excluding hydrogens is 270 g/mol. The van der Waals surface area contributed by atoms with E-state index in [1.807, 2.05) is 0 Å². The molecular formula is C15H23N3O3. The van der Waals surface area contributed by atoms with Gasteiger partial charge in [0.15, 0.2) is 5.75 Å². The van der Waals surface area contributed by atoms with E-state index < -0.39 is 4.92 Å². The number of phenols is 1. The zero-order valence-electron chi connectivity index (χ0n) is 12.6. The van der Waals surface area contributed by atoms with Gasteiger partial charge in [0.05, 0.1) is 4.92 Å². The minimum Gasteiger partial charge on any atom is -0.502 e. The summed E-state index contributed by atoms with van der Waals surface area (Å²) >= 11 is 0. The zero-order chi connectivity index (χ0) is 15.4. The fourth-order valence-corrected chi connectivity index (χ4v) is 2.83.